The summed E-state index contributed by atoms with van der Waals surface area (Å²) in [5.74, 6) is 1.52. The van der Waals surface area contributed by atoms with Crippen LogP contribution in [0.4, 0.5) is 0 Å². The third kappa shape index (κ3) is 5.82. The largest absolute Gasteiger partial charge is 0.381 e. The summed E-state index contributed by atoms with van der Waals surface area (Å²) in [6, 6.07) is 0. The Morgan fingerprint density at radius 1 is 1.44 bits per heavy atom. The lowest BCUT2D eigenvalue weighted by Crippen LogP contribution is -2.57. The molecule has 0 aromatic heterocycles. The van der Waals surface area contributed by atoms with Crippen LogP contribution in [0, 0.1) is 5.92 Å². The van der Waals surface area contributed by atoms with E-state index in [1.165, 1.54) is 0 Å². The molecule has 2 fully saturated rings. The van der Waals surface area contributed by atoms with E-state index in [-0.39, 0.29) is 5.75 Å². The van der Waals surface area contributed by atoms with Gasteiger partial charge in [0.25, 0.3) is 0 Å². The van der Waals surface area contributed by atoms with Gasteiger partial charge in [0.1, 0.15) is 0 Å². The maximum atomic E-state index is 12.2. The lowest BCUT2D eigenvalue weighted by molar-refractivity contribution is 0.0893. The molecule has 2 rings (SSSR count). The van der Waals surface area contributed by atoms with Gasteiger partial charge in [0.05, 0.1) is 23.7 Å². The number of hydrogen-bond donors (Lipinski definition) is 1. The van der Waals surface area contributed by atoms with Crippen LogP contribution >= 0.6 is 0 Å². The van der Waals surface area contributed by atoms with E-state index in [1.54, 1.807) is 13.8 Å². The molecule has 2 heterocycles. The summed E-state index contributed by atoms with van der Waals surface area (Å²) in [7, 11) is -3.04. The normalized spacial score (nSPS) is 26.0. The minimum absolute atomic E-state index is 0.178. The first-order chi connectivity index (χ1) is 11.9. The quantitative estimate of drug-likeness (QED) is 0.405. The van der Waals surface area contributed by atoms with E-state index < -0.39 is 14.6 Å². The number of guanidine groups is 1. The molecule has 0 aromatic carbocycles. The summed E-state index contributed by atoms with van der Waals surface area (Å²) in [5, 5.41) is 3.28. The summed E-state index contributed by atoms with van der Waals surface area (Å²) in [5.41, 5.74) is 0. The maximum Gasteiger partial charge on any atom is 0.193 e. The molecule has 146 valence electrons. The van der Waals surface area contributed by atoms with Gasteiger partial charge in [-0.15, -0.1) is 0 Å². The first-order valence-electron chi connectivity index (χ1n) is 9.27. The predicted octanol–water partition coefficient (Wildman–Crippen LogP) is 0.904. The molecule has 0 aliphatic carbocycles. The SMILES string of the molecule is CCNC(=NCCCOCC1CCOC1)N1CCS(=O)(=O)C(C)(C)C1. The summed E-state index contributed by atoms with van der Waals surface area (Å²) >= 11 is 0. The van der Waals surface area contributed by atoms with E-state index >= 15 is 0 Å². The average Bonchev–Trinajstić information content (AvgIpc) is 3.06. The van der Waals surface area contributed by atoms with E-state index in [2.05, 4.69) is 15.2 Å². The van der Waals surface area contributed by atoms with Crippen LogP contribution in [0.5, 0.6) is 0 Å². The second-order valence-electron chi connectivity index (χ2n) is 7.39. The molecule has 2 saturated heterocycles. The molecule has 0 spiro atoms. The molecule has 0 radical (unpaired) electrons. The third-order valence-electron chi connectivity index (χ3n) is 4.76. The Morgan fingerprint density at radius 2 is 2.24 bits per heavy atom. The van der Waals surface area contributed by atoms with Gasteiger partial charge in [-0.1, -0.05) is 0 Å². The lowest BCUT2D eigenvalue weighted by atomic mass is 10.1. The molecular formula is C17H33N3O4S. The number of nitrogens with zero attached hydrogens (tertiary/aromatic N) is 2. The molecule has 1 unspecified atom stereocenters. The molecule has 1 N–H and O–H groups in total. The number of hydrogen-bond acceptors (Lipinski definition) is 5. The molecule has 25 heavy (non-hydrogen) atoms. The van der Waals surface area contributed by atoms with Gasteiger partial charge in [0.2, 0.25) is 0 Å². The molecule has 1 atom stereocenters. The van der Waals surface area contributed by atoms with Crippen molar-refractivity contribution >= 4 is 15.8 Å². The van der Waals surface area contributed by atoms with E-state index in [0.717, 1.165) is 45.2 Å². The summed E-state index contributed by atoms with van der Waals surface area (Å²) < 4.78 is 34.6. The van der Waals surface area contributed by atoms with Crippen LogP contribution in [0.1, 0.15) is 33.6 Å². The van der Waals surface area contributed by atoms with Crippen molar-refractivity contribution in [2.24, 2.45) is 10.9 Å². The van der Waals surface area contributed by atoms with E-state index in [4.69, 9.17) is 9.47 Å². The smallest absolute Gasteiger partial charge is 0.193 e. The second kappa shape index (κ2) is 9.19. The van der Waals surface area contributed by atoms with E-state index in [1.807, 2.05) is 6.92 Å². The average molecular weight is 376 g/mol. The maximum absolute atomic E-state index is 12.2. The lowest BCUT2D eigenvalue weighted by Gasteiger charge is -2.39. The van der Waals surface area contributed by atoms with Gasteiger partial charge in [-0.3, -0.25) is 4.99 Å². The highest BCUT2D eigenvalue weighted by molar-refractivity contribution is 7.92. The zero-order valence-electron chi connectivity index (χ0n) is 15.8. The zero-order chi connectivity index (χ0) is 18.3. The van der Waals surface area contributed by atoms with E-state index in [0.29, 0.717) is 32.2 Å². The van der Waals surface area contributed by atoms with Gasteiger partial charge in [-0.2, -0.15) is 0 Å². The number of aliphatic imine (C=N–C) groups is 1. The Morgan fingerprint density at radius 3 is 2.88 bits per heavy atom. The molecular weight excluding hydrogens is 342 g/mol. The molecule has 0 saturated carbocycles. The van der Waals surface area contributed by atoms with Crippen LogP contribution in [0.2, 0.25) is 0 Å². The number of sulfone groups is 1. The van der Waals surface area contributed by atoms with Crippen LogP contribution in [0.3, 0.4) is 0 Å². The second-order valence-corrected chi connectivity index (χ2v) is 10.1. The molecule has 2 aliphatic rings. The molecule has 0 aromatic rings. The van der Waals surface area contributed by atoms with Gasteiger partial charge in [0.15, 0.2) is 15.8 Å². The van der Waals surface area contributed by atoms with Crippen LogP contribution in [0.15, 0.2) is 4.99 Å². The third-order valence-corrected chi connectivity index (χ3v) is 7.30. The van der Waals surface area contributed by atoms with Crippen LogP contribution in [-0.2, 0) is 19.3 Å². The molecule has 0 amide bonds. The fraction of sp³-hybridized carbons (Fsp3) is 0.941. The first-order valence-corrected chi connectivity index (χ1v) is 10.9. The monoisotopic (exact) mass is 375 g/mol. The zero-order valence-corrected chi connectivity index (χ0v) is 16.6. The van der Waals surface area contributed by atoms with Crippen molar-refractivity contribution in [1.82, 2.24) is 10.2 Å². The fourth-order valence-electron chi connectivity index (χ4n) is 3.07. The highest BCUT2D eigenvalue weighted by Gasteiger charge is 2.40. The predicted molar refractivity (Wildman–Crippen MR) is 99.8 cm³/mol. The van der Waals surface area contributed by atoms with Crippen molar-refractivity contribution in [1.29, 1.82) is 0 Å². The summed E-state index contributed by atoms with van der Waals surface area (Å²) in [4.78, 5) is 6.71. The highest BCUT2D eigenvalue weighted by Crippen LogP contribution is 2.23. The Balaban J connectivity index is 1.77. The first kappa shape index (κ1) is 20.5. The number of ether oxygens (including phenoxy) is 2. The fourth-order valence-corrected chi connectivity index (χ4v) is 4.43. The van der Waals surface area contributed by atoms with Crippen LogP contribution < -0.4 is 5.32 Å². The number of nitrogens with one attached hydrogen (secondary N) is 1. The molecule has 2 aliphatic heterocycles. The minimum Gasteiger partial charge on any atom is -0.381 e. The highest BCUT2D eigenvalue weighted by atomic mass is 32.2. The Hall–Kier alpha value is -0.860. The van der Waals surface area contributed by atoms with Crippen molar-refractivity contribution in [2.45, 2.75) is 38.4 Å². The van der Waals surface area contributed by atoms with Gasteiger partial charge in [0, 0.05) is 45.3 Å². The summed E-state index contributed by atoms with van der Waals surface area (Å²) in [6.07, 6.45) is 1.95. The Labute approximate surface area is 152 Å². The van der Waals surface area contributed by atoms with E-state index in [9.17, 15) is 8.42 Å². The Kier molecular flexibility index (Phi) is 7.51. The van der Waals surface area contributed by atoms with Gasteiger partial charge < -0.3 is 19.7 Å². The van der Waals surface area contributed by atoms with Crippen molar-refractivity contribution in [3.63, 3.8) is 0 Å². The van der Waals surface area contributed by atoms with Crippen LogP contribution in [0.25, 0.3) is 0 Å². The topological polar surface area (TPSA) is 80.2 Å². The standard InChI is InChI=1S/C17H33N3O4S/c1-4-18-16(20-8-11-25(21,22)17(2,3)14-20)19-7-5-9-23-12-15-6-10-24-13-15/h15H,4-14H2,1-3H3,(H,18,19). The van der Waals surface area contributed by atoms with Crippen molar-refractivity contribution in [3.05, 3.63) is 0 Å². The summed E-state index contributed by atoms with van der Waals surface area (Å²) in [6.45, 7) is 11.1. The number of rotatable bonds is 7. The molecule has 7 nitrogen and oxygen atoms in total. The molecule has 8 heteroatoms. The van der Waals surface area contributed by atoms with Gasteiger partial charge in [-0.05, 0) is 33.6 Å². The minimum atomic E-state index is -3.04. The molecule has 0 bridgehead atoms. The van der Waals surface area contributed by atoms with Gasteiger partial charge >= 0.3 is 0 Å². The van der Waals surface area contributed by atoms with Crippen molar-refractivity contribution in [3.8, 4) is 0 Å². The van der Waals surface area contributed by atoms with Gasteiger partial charge in [-0.25, -0.2) is 8.42 Å². The van der Waals surface area contributed by atoms with Crippen molar-refractivity contribution in [2.75, 3.05) is 58.4 Å². The van der Waals surface area contributed by atoms with Crippen molar-refractivity contribution < 1.29 is 17.9 Å². The Bertz CT molecular complexity index is 542. The van der Waals surface area contributed by atoms with Crippen LogP contribution in [-0.4, -0.2) is 82.4 Å².